The number of nitrogens with zero attached hydrogens (tertiary/aromatic N) is 2. The molecular formula is C14H21N5OS. The second-order valence-corrected chi connectivity index (χ2v) is 6.11. The van der Waals surface area contributed by atoms with E-state index in [4.69, 9.17) is 17.9 Å². The lowest BCUT2D eigenvalue weighted by molar-refractivity contribution is 0.0950. The number of thiazole rings is 1. The van der Waals surface area contributed by atoms with Crippen LogP contribution >= 0.6 is 11.3 Å². The van der Waals surface area contributed by atoms with Gasteiger partial charge in [-0.3, -0.25) is 4.79 Å². The topological polar surface area (TPSA) is 97.3 Å². The van der Waals surface area contributed by atoms with Crippen molar-refractivity contribution in [2.45, 2.75) is 38.3 Å². The van der Waals surface area contributed by atoms with Crippen molar-refractivity contribution >= 4 is 28.2 Å². The van der Waals surface area contributed by atoms with Crippen LogP contribution in [-0.4, -0.2) is 36.1 Å². The van der Waals surface area contributed by atoms with Gasteiger partial charge in [0.05, 0.1) is 6.04 Å². The van der Waals surface area contributed by atoms with Gasteiger partial charge in [-0.25, -0.2) is 4.98 Å². The number of hydrogen-bond donors (Lipinski definition) is 3. The van der Waals surface area contributed by atoms with Gasteiger partial charge in [0.15, 0.2) is 5.13 Å². The van der Waals surface area contributed by atoms with Gasteiger partial charge in [0.1, 0.15) is 10.7 Å². The van der Waals surface area contributed by atoms with Crippen molar-refractivity contribution in [3.8, 4) is 12.3 Å². The summed E-state index contributed by atoms with van der Waals surface area (Å²) in [5.74, 6) is 2.54. The first-order valence-corrected chi connectivity index (χ1v) is 7.90. The summed E-state index contributed by atoms with van der Waals surface area (Å²) in [6.45, 7) is 3.61. The number of nitrogens with one attached hydrogen (secondary N) is 1. The highest BCUT2D eigenvalue weighted by Gasteiger charge is 2.23. The molecule has 0 spiro atoms. The van der Waals surface area contributed by atoms with Gasteiger partial charge in [0.25, 0.3) is 5.91 Å². The third kappa shape index (κ3) is 3.65. The average Bonchev–Trinajstić information content (AvgIpc) is 2.87. The Kier molecular flexibility index (Phi) is 5.04. The van der Waals surface area contributed by atoms with E-state index in [1.165, 1.54) is 11.3 Å². The van der Waals surface area contributed by atoms with E-state index in [-0.39, 0.29) is 23.8 Å². The molecule has 1 atom stereocenters. The maximum atomic E-state index is 12.2. The molecule has 1 aliphatic rings. The first-order chi connectivity index (χ1) is 10.0. The Bertz CT molecular complexity index is 542. The molecule has 0 aliphatic carbocycles. The molecule has 1 fully saturated rings. The summed E-state index contributed by atoms with van der Waals surface area (Å²) < 4.78 is 0. The molecule has 1 saturated heterocycles. The third-order valence-electron chi connectivity index (χ3n) is 3.57. The van der Waals surface area contributed by atoms with Crippen LogP contribution < -0.4 is 21.7 Å². The highest BCUT2D eigenvalue weighted by atomic mass is 32.1. The van der Waals surface area contributed by atoms with Crippen molar-refractivity contribution in [1.29, 1.82) is 0 Å². The molecular weight excluding hydrogens is 286 g/mol. The fraction of sp³-hybridized carbons (Fsp3) is 0.571. The predicted molar refractivity (Wildman–Crippen MR) is 86.3 cm³/mol. The fourth-order valence-electron chi connectivity index (χ4n) is 2.19. The lowest BCUT2D eigenvalue weighted by Gasteiger charge is -2.29. The fourth-order valence-corrected chi connectivity index (χ4v) is 3.13. The van der Waals surface area contributed by atoms with Crippen LogP contribution in [0.25, 0.3) is 0 Å². The molecule has 6 nitrogen and oxygen atoms in total. The summed E-state index contributed by atoms with van der Waals surface area (Å²) in [7, 11) is 0. The molecule has 0 bridgehead atoms. The Labute approximate surface area is 128 Å². The van der Waals surface area contributed by atoms with Gasteiger partial charge in [0.2, 0.25) is 0 Å². The number of piperidine rings is 1. The molecule has 1 amide bonds. The van der Waals surface area contributed by atoms with E-state index in [9.17, 15) is 4.79 Å². The van der Waals surface area contributed by atoms with E-state index in [1.807, 2.05) is 6.92 Å². The normalized spacial score (nSPS) is 17.3. The van der Waals surface area contributed by atoms with Gasteiger partial charge in [-0.2, -0.15) is 0 Å². The number of anilines is 2. The van der Waals surface area contributed by atoms with Crippen LogP contribution in [0.2, 0.25) is 0 Å². The quantitative estimate of drug-likeness (QED) is 0.715. The Balaban J connectivity index is 2.08. The number of rotatable bonds is 4. The number of aromatic nitrogens is 1. The van der Waals surface area contributed by atoms with Crippen molar-refractivity contribution in [3.63, 3.8) is 0 Å². The highest BCUT2D eigenvalue weighted by Crippen LogP contribution is 2.29. The predicted octanol–water partition coefficient (Wildman–Crippen LogP) is 0.794. The molecule has 2 heterocycles. The van der Waals surface area contributed by atoms with Crippen molar-refractivity contribution in [2.24, 2.45) is 5.73 Å². The Hall–Kier alpha value is -1.78. The molecule has 0 radical (unpaired) electrons. The molecule has 7 heteroatoms. The summed E-state index contributed by atoms with van der Waals surface area (Å²) in [5, 5.41) is 3.55. The maximum Gasteiger partial charge on any atom is 0.266 e. The summed E-state index contributed by atoms with van der Waals surface area (Å²) >= 11 is 1.31. The lowest BCUT2D eigenvalue weighted by atomic mass is 10.1. The van der Waals surface area contributed by atoms with Crippen LogP contribution in [0.4, 0.5) is 10.9 Å². The van der Waals surface area contributed by atoms with Gasteiger partial charge in [-0.15, -0.1) is 6.42 Å². The number of nitrogens with two attached hydrogens (primary N) is 2. The van der Waals surface area contributed by atoms with E-state index in [0.29, 0.717) is 11.3 Å². The zero-order valence-corrected chi connectivity index (χ0v) is 12.9. The first-order valence-electron chi connectivity index (χ1n) is 7.09. The van der Waals surface area contributed by atoms with E-state index in [1.54, 1.807) is 0 Å². The molecule has 5 N–H and O–H groups in total. The Morgan fingerprint density at radius 2 is 2.29 bits per heavy atom. The van der Waals surface area contributed by atoms with Crippen molar-refractivity contribution < 1.29 is 4.79 Å². The summed E-state index contributed by atoms with van der Waals surface area (Å²) in [6, 6.07) is -0.0299. The number of terminal acetylenes is 1. The molecule has 1 unspecified atom stereocenters. The number of nitrogen functional groups attached to an aromatic ring is 1. The summed E-state index contributed by atoms with van der Waals surface area (Å²) in [6.07, 6.45) is 7.89. The molecule has 0 aromatic carbocycles. The second-order valence-electron chi connectivity index (χ2n) is 5.14. The van der Waals surface area contributed by atoms with Crippen LogP contribution in [0.15, 0.2) is 0 Å². The van der Waals surface area contributed by atoms with Gasteiger partial charge in [-0.1, -0.05) is 24.2 Å². The van der Waals surface area contributed by atoms with E-state index < -0.39 is 0 Å². The molecule has 1 aliphatic heterocycles. The molecule has 21 heavy (non-hydrogen) atoms. The number of hydrogen-bond acceptors (Lipinski definition) is 6. The molecule has 2 rings (SSSR count). The van der Waals surface area contributed by atoms with Crippen LogP contribution in [-0.2, 0) is 0 Å². The van der Waals surface area contributed by atoms with Gasteiger partial charge in [0, 0.05) is 19.1 Å². The van der Waals surface area contributed by atoms with Gasteiger partial charge >= 0.3 is 0 Å². The van der Waals surface area contributed by atoms with E-state index >= 15 is 0 Å². The standard InChI is InChI=1S/C14H21N5OS/c1-3-10(4-2)17-13(20)11-12(16)18-14(21-11)19-7-5-9(15)6-8-19/h1,9-10H,4-8,15-16H2,2H3,(H,17,20). The largest absolute Gasteiger partial charge is 0.382 e. The monoisotopic (exact) mass is 307 g/mol. The first kappa shape index (κ1) is 15.6. The Morgan fingerprint density at radius 1 is 1.62 bits per heavy atom. The minimum Gasteiger partial charge on any atom is -0.382 e. The number of amides is 1. The van der Waals surface area contributed by atoms with E-state index in [0.717, 1.165) is 31.1 Å². The highest BCUT2D eigenvalue weighted by molar-refractivity contribution is 7.18. The van der Waals surface area contributed by atoms with Crippen molar-refractivity contribution in [2.75, 3.05) is 23.7 Å². The summed E-state index contributed by atoms with van der Waals surface area (Å²) in [4.78, 5) is 19.0. The van der Waals surface area contributed by atoms with Crippen LogP contribution in [0.5, 0.6) is 0 Å². The van der Waals surface area contributed by atoms with Crippen LogP contribution in [0.3, 0.4) is 0 Å². The molecule has 0 saturated carbocycles. The number of carbonyl (C=O) groups is 1. The smallest absolute Gasteiger partial charge is 0.266 e. The second kappa shape index (κ2) is 6.78. The maximum absolute atomic E-state index is 12.2. The average molecular weight is 307 g/mol. The van der Waals surface area contributed by atoms with Gasteiger partial charge < -0.3 is 21.7 Å². The zero-order chi connectivity index (χ0) is 15.4. The van der Waals surface area contributed by atoms with Crippen molar-refractivity contribution in [3.05, 3.63) is 4.88 Å². The van der Waals surface area contributed by atoms with Crippen LogP contribution in [0.1, 0.15) is 35.9 Å². The number of carbonyl (C=O) groups excluding carboxylic acids is 1. The zero-order valence-electron chi connectivity index (χ0n) is 12.1. The molecule has 1 aromatic heterocycles. The van der Waals surface area contributed by atoms with Crippen LogP contribution in [0, 0.1) is 12.3 Å². The SMILES string of the molecule is C#CC(CC)NC(=O)c1sc(N2CCC(N)CC2)nc1N. The third-order valence-corrected chi connectivity index (χ3v) is 4.70. The minimum atomic E-state index is -0.282. The minimum absolute atomic E-state index is 0.252. The van der Waals surface area contributed by atoms with Crippen molar-refractivity contribution in [1.82, 2.24) is 10.3 Å². The summed E-state index contributed by atoms with van der Waals surface area (Å²) in [5.41, 5.74) is 11.8. The van der Waals surface area contributed by atoms with E-state index in [2.05, 4.69) is 21.1 Å². The molecule has 114 valence electrons. The lowest BCUT2D eigenvalue weighted by Crippen LogP contribution is -2.39. The molecule has 1 aromatic rings. The van der Waals surface area contributed by atoms with Gasteiger partial charge in [-0.05, 0) is 19.3 Å². The Morgan fingerprint density at radius 3 is 2.86 bits per heavy atom.